The largest absolute Gasteiger partial charge is 2.00 e. The molecule has 18 heteroatoms. The van der Waals surface area contributed by atoms with Gasteiger partial charge in [0, 0.05) is 0 Å². The molecular formula is CoN4O12Pt. The first kappa shape index (κ1) is 36.0. The molecule has 16 nitrogen and oxygen atoms in total. The molecule has 0 saturated carbocycles. The first-order valence-electron chi connectivity index (χ1n) is 2.19. The van der Waals surface area contributed by atoms with Gasteiger partial charge in [-0.1, -0.05) is 0 Å². The van der Waals surface area contributed by atoms with Crippen LogP contribution in [0.1, 0.15) is 0 Å². The molecule has 0 bridgehead atoms. The van der Waals surface area contributed by atoms with Gasteiger partial charge in [0.15, 0.2) is 0 Å². The Morgan fingerprint density at radius 1 is 0.444 bits per heavy atom. The van der Waals surface area contributed by atoms with E-state index in [1.54, 1.807) is 0 Å². The molecule has 18 heavy (non-hydrogen) atoms. The molecule has 0 heterocycles. The fourth-order valence-electron chi connectivity index (χ4n) is 0. The number of hydrogen-bond acceptors (Lipinski definition) is 12. The van der Waals surface area contributed by atoms with Crippen LogP contribution >= 0.6 is 0 Å². The van der Waals surface area contributed by atoms with Crippen molar-refractivity contribution < 1.29 is 58.2 Å². The second-order valence-electron chi connectivity index (χ2n) is 0.894. The van der Waals surface area contributed by atoms with Gasteiger partial charge in [0.1, 0.15) is 0 Å². The first-order chi connectivity index (χ1) is 6.93. The molecule has 0 aromatic heterocycles. The molecule has 0 aromatic carbocycles. The number of hydrogen-bond donors (Lipinski definition) is 0. The molecule has 0 N–H and O–H groups in total. The van der Waals surface area contributed by atoms with Crippen molar-refractivity contribution in [3.8, 4) is 0 Å². The second kappa shape index (κ2) is 29.4. The Bertz CT molecular complexity index is 164. The second-order valence-corrected chi connectivity index (χ2v) is 0.894. The maximum Gasteiger partial charge on any atom is 2.00 e. The van der Waals surface area contributed by atoms with Crippen molar-refractivity contribution in [3.63, 3.8) is 0 Å². The van der Waals surface area contributed by atoms with Crippen molar-refractivity contribution in [2.24, 2.45) is 0 Å². The molecule has 0 aliphatic heterocycles. The summed E-state index contributed by atoms with van der Waals surface area (Å²) in [5.41, 5.74) is 0. The van der Waals surface area contributed by atoms with Gasteiger partial charge in [-0.2, -0.15) is 0 Å². The summed E-state index contributed by atoms with van der Waals surface area (Å²) in [4.78, 5) is 33.0. The molecule has 0 unspecified atom stereocenters. The van der Waals surface area contributed by atoms with Gasteiger partial charge in [-0.25, -0.2) is 0 Å². The molecule has 0 rings (SSSR count). The van der Waals surface area contributed by atoms with Crippen molar-refractivity contribution >= 4 is 0 Å². The van der Waals surface area contributed by atoms with Crippen molar-refractivity contribution in [1.82, 2.24) is 0 Å². The Labute approximate surface area is 120 Å². The molecule has 0 aliphatic carbocycles. The summed E-state index contributed by atoms with van der Waals surface area (Å²) in [5.74, 6) is 0. The van der Waals surface area contributed by atoms with E-state index < -0.39 is 20.3 Å². The van der Waals surface area contributed by atoms with Crippen molar-refractivity contribution in [1.29, 1.82) is 0 Å². The fourth-order valence-corrected chi connectivity index (χ4v) is 0. The molecule has 0 amide bonds. The van der Waals surface area contributed by atoms with Gasteiger partial charge >= 0.3 is 37.8 Å². The Morgan fingerprint density at radius 3 is 0.444 bits per heavy atom. The van der Waals surface area contributed by atoms with Crippen LogP contribution in [0.4, 0.5) is 0 Å². The van der Waals surface area contributed by atoms with E-state index in [0.717, 1.165) is 0 Å². The minimum absolute atomic E-state index is 0. The van der Waals surface area contributed by atoms with Crippen molar-refractivity contribution in [3.05, 3.63) is 61.3 Å². The van der Waals surface area contributed by atoms with Crippen LogP contribution < -0.4 is 0 Å². The van der Waals surface area contributed by atoms with Crippen LogP contribution in [0.25, 0.3) is 0 Å². The van der Waals surface area contributed by atoms with E-state index in [-0.39, 0.29) is 37.8 Å². The van der Waals surface area contributed by atoms with Gasteiger partial charge in [0.25, 0.3) is 0 Å². The maximum absolute atomic E-state index is 8.25. The summed E-state index contributed by atoms with van der Waals surface area (Å²) in [7, 11) is 0. The summed E-state index contributed by atoms with van der Waals surface area (Å²) in [6.45, 7) is 0. The van der Waals surface area contributed by atoms with Crippen molar-refractivity contribution in [2.45, 2.75) is 0 Å². The van der Waals surface area contributed by atoms with E-state index >= 15 is 0 Å². The van der Waals surface area contributed by atoms with E-state index in [9.17, 15) is 0 Å². The molecule has 0 spiro atoms. The molecule has 0 aliphatic rings. The van der Waals surface area contributed by atoms with Crippen LogP contribution in [0, 0.1) is 61.3 Å². The smallest absolute Gasteiger partial charge is 0.356 e. The fraction of sp³-hybridized carbons (Fsp3) is 0. The predicted octanol–water partition coefficient (Wildman–Crippen LogP) is -0.961. The molecule has 111 valence electrons. The molecule has 0 atom stereocenters. The summed E-state index contributed by atoms with van der Waals surface area (Å²) >= 11 is 0. The topological polar surface area (TPSA) is 265 Å². The molecule has 1 radical (unpaired) electrons. The molecule has 0 saturated heterocycles. The van der Waals surface area contributed by atoms with Gasteiger partial charge < -0.3 is 61.3 Å². The van der Waals surface area contributed by atoms with Gasteiger partial charge in [-0.05, 0) is 0 Å². The van der Waals surface area contributed by atoms with Crippen LogP contribution in [0.5, 0.6) is 0 Å². The van der Waals surface area contributed by atoms with E-state index in [4.69, 9.17) is 61.3 Å². The van der Waals surface area contributed by atoms with E-state index in [1.807, 2.05) is 0 Å². The monoisotopic (exact) mass is 502 g/mol. The first-order valence-corrected chi connectivity index (χ1v) is 2.19. The van der Waals surface area contributed by atoms with Gasteiger partial charge in [0.05, 0.1) is 20.3 Å². The average molecular weight is 502 g/mol. The Hall–Kier alpha value is -2.01. The number of nitrogens with zero attached hydrogens (tertiary/aromatic N) is 4. The third kappa shape index (κ3) is 588. The SMILES string of the molecule is O=[N+]([O-])[O-].O=[N+]([O-])[O-].O=[N+]([O-])[O-].O=[N+]([O-])[O-].[Co+2].[Pt+2]. The van der Waals surface area contributed by atoms with Crippen LogP contribution in [0.3, 0.4) is 0 Å². The maximum atomic E-state index is 8.25. The van der Waals surface area contributed by atoms with Gasteiger partial charge in [-0.15, -0.1) is 0 Å². The summed E-state index contributed by atoms with van der Waals surface area (Å²) in [5, 5.41) is 59.0. The van der Waals surface area contributed by atoms with Crippen LogP contribution in [-0.2, 0) is 37.8 Å². The third-order valence-electron chi connectivity index (χ3n) is 0. The minimum atomic E-state index is -1.75. The zero-order chi connectivity index (χ0) is 14.3. The summed E-state index contributed by atoms with van der Waals surface area (Å²) < 4.78 is 0. The molecule has 0 aromatic rings. The zero-order valence-corrected chi connectivity index (χ0v) is 10.7. The van der Waals surface area contributed by atoms with Gasteiger partial charge in [0.2, 0.25) is 0 Å². The van der Waals surface area contributed by atoms with Crippen LogP contribution in [0.2, 0.25) is 0 Å². The van der Waals surface area contributed by atoms with Crippen LogP contribution in [0.15, 0.2) is 0 Å². The van der Waals surface area contributed by atoms with E-state index in [2.05, 4.69) is 0 Å². The third-order valence-corrected chi connectivity index (χ3v) is 0. The Kier molecular flexibility index (Phi) is 58.8. The van der Waals surface area contributed by atoms with E-state index in [0.29, 0.717) is 0 Å². The standard InChI is InChI=1S/Co.4NO3.Pt/c;4*2-1(3)4;/q+2;4*-1;+2. The summed E-state index contributed by atoms with van der Waals surface area (Å²) in [6, 6.07) is 0. The normalized spacial score (nSPS) is 5.33. The van der Waals surface area contributed by atoms with Gasteiger partial charge in [-0.3, -0.25) is 0 Å². The average Bonchev–Trinajstić information content (AvgIpc) is 1.76. The predicted molar refractivity (Wildman–Crippen MR) is 41.4 cm³/mol. The summed E-state index contributed by atoms with van der Waals surface area (Å²) in [6.07, 6.45) is 0. The van der Waals surface area contributed by atoms with Crippen LogP contribution in [-0.4, -0.2) is 20.3 Å². The minimum Gasteiger partial charge on any atom is -0.356 e. The molecule has 0 fully saturated rings. The Balaban J connectivity index is -0.0000000257. The Morgan fingerprint density at radius 2 is 0.444 bits per heavy atom. The zero-order valence-electron chi connectivity index (χ0n) is 7.34. The quantitative estimate of drug-likeness (QED) is 0.286. The number of rotatable bonds is 0. The van der Waals surface area contributed by atoms with Crippen molar-refractivity contribution in [2.75, 3.05) is 0 Å². The van der Waals surface area contributed by atoms with E-state index in [1.165, 1.54) is 0 Å². The molecular weight excluding hydrogens is 502 g/mol.